The van der Waals surface area contributed by atoms with Gasteiger partial charge in [-0.1, -0.05) is 17.7 Å². The summed E-state index contributed by atoms with van der Waals surface area (Å²) in [4.78, 5) is 11.6. The van der Waals surface area contributed by atoms with Crippen molar-refractivity contribution in [3.05, 3.63) is 52.6 Å². The first-order chi connectivity index (χ1) is 8.65. The first kappa shape index (κ1) is 12.6. The molecule has 0 unspecified atom stereocenters. The minimum atomic E-state index is -0.395. The summed E-state index contributed by atoms with van der Waals surface area (Å²) < 4.78 is 12.8. The van der Waals surface area contributed by atoms with Crippen molar-refractivity contribution >= 4 is 17.5 Å². The predicted molar refractivity (Wildman–Crippen MR) is 65.5 cm³/mol. The highest BCUT2D eigenvalue weighted by atomic mass is 35.5. The first-order valence-electron chi connectivity index (χ1n) is 5.33. The van der Waals surface area contributed by atoms with E-state index < -0.39 is 5.82 Å². The molecule has 4 nitrogen and oxygen atoms in total. The normalized spacial score (nSPS) is 10.3. The van der Waals surface area contributed by atoms with Gasteiger partial charge < -0.3 is 5.32 Å². The molecule has 2 N–H and O–H groups in total. The van der Waals surface area contributed by atoms with Crippen LogP contribution in [0, 0.1) is 5.82 Å². The SMILES string of the molecule is O=C(Cc1cn[nH]c1)NCc1ccc(F)cc1Cl. The van der Waals surface area contributed by atoms with Gasteiger partial charge in [0.1, 0.15) is 5.82 Å². The summed E-state index contributed by atoms with van der Waals surface area (Å²) in [6.45, 7) is 0.274. The van der Waals surface area contributed by atoms with Crippen molar-refractivity contribution in [3.63, 3.8) is 0 Å². The minimum absolute atomic E-state index is 0.142. The number of nitrogens with one attached hydrogen (secondary N) is 2. The molecule has 94 valence electrons. The summed E-state index contributed by atoms with van der Waals surface area (Å²) in [5, 5.41) is 9.40. The molecule has 18 heavy (non-hydrogen) atoms. The van der Waals surface area contributed by atoms with Crippen LogP contribution < -0.4 is 5.32 Å². The second kappa shape index (κ2) is 5.64. The number of halogens is 2. The maximum absolute atomic E-state index is 12.8. The molecular weight excluding hydrogens is 257 g/mol. The first-order valence-corrected chi connectivity index (χ1v) is 5.71. The van der Waals surface area contributed by atoms with Crippen LogP contribution in [0.1, 0.15) is 11.1 Å². The largest absolute Gasteiger partial charge is 0.352 e. The summed E-state index contributed by atoms with van der Waals surface area (Å²) in [5.74, 6) is -0.537. The van der Waals surface area contributed by atoms with E-state index >= 15 is 0 Å². The predicted octanol–water partition coefficient (Wildman–Crippen LogP) is 2.06. The number of hydrogen-bond donors (Lipinski definition) is 2. The molecule has 0 atom stereocenters. The van der Waals surface area contributed by atoms with Gasteiger partial charge in [0, 0.05) is 17.8 Å². The van der Waals surface area contributed by atoms with Crippen LogP contribution in [0.5, 0.6) is 0 Å². The van der Waals surface area contributed by atoms with Crippen LogP contribution in [0.4, 0.5) is 4.39 Å². The van der Waals surface area contributed by atoms with Gasteiger partial charge in [0.05, 0.1) is 12.6 Å². The molecule has 0 aliphatic rings. The van der Waals surface area contributed by atoms with E-state index in [1.807, 2.05) is 0 Å². The number of benzene rings is 1. The van der Waals surface area contributed by atoms with Gasteiger partial charge in [-0.15, -0.1) is 0 Å². The summed E-state index contributed by atoms with van der Waals surface area (Å²) in [6, 6.07) is 4.08. The number of aromatic amines is 1. The van der Waals surface area contributed by atoms with Crippen molar-refractivity contribution in [2.24, 2.45) is 0 Å². The Morgan fingerprint density at radius 3 is 3.00 bits per heavy atom. The van der Waals surface area contributed by atoms with Gasteiger partial charge in [-0.05, 0) is 23.3 Å². The Bertz CT molecular complexity index is 542. The molecule has 1 heterocycles. The van der Waals surface area contributed by atoms with E-state index in [1.165, 1.54) is 12.1 Å². The van der Waals surface area contributed by atoms with Gasteiger partial charge >= 0.3 is 0 Å². The van der Waals surface area contributed by atoms with Crippen molar-refractivity contribution in [2.45, 2.75) is 13.0 Å². The number of amides is 1. The number of H-pyrrole nitrogens is 1. The molecule has 1 amide bonds. The summed E-state index contributed by atoms with van der Waals surface area (Å²) >= 11 is 5.85. The zero-order valence-corrected chi connectivity index (χ0v) is 10.2. The third-order valence-electron chi connectivity index (χ3n) is 2.41. The van der Waals surface area contributed by atoms with Crippen LogP contribution in [0.25, 0.3) is 0 Å². The average Bonchev–Trinajstić information content (AvgIpc) is 2.80. The Kier molecular flexibility index (Phi) is 3.94. The lowest BCUT2D eigenvalue weighted by Crippen LogP contribution is -2.24. The number of aromatic nitrogens is 2. The van der Waals surface area contributed by atoms with E-state index in [0.29, 0.717) is 10.6 Å². The van der Waals surface area contributed by atoms with Gasteiger partial charge in [0.15, 0.2) is 0 Å². The fraction of sp³-hybridized carbons (Fsp3) is 0.167. The molecule has 2 aromatic rings. The van der Waals surface area contributed by atoms with E-state index in [0.717, 1.165) is 5.56 Å². The van der Waals surface area contributed by atoms with Gasteiger partial charge in [-0.3, -0.25) is 9.89 Å². The lowest BCUT2D eigenvalue weighted by molar-refractivity contribution is -0.120. The molecule has 0 saturated heterocycles. The molecule has 1 aromatic heterocycles. The fourth-order valence-corrected chi connectivity index (χ4v) is 1.72. The van der Waals surface area contributed by atoms with Crippen molar-refractivity contribution in [2.75, 3.05) is 0 Å². The van der Waals surface area contributed by atoms with Crippen LogP contribution in [0.15, 0.2) is 30.6 Å². The third-order valence-corrected chi connectivity index (χ3v) is 2.76. The van der Waals surface area contributed by atoms with Crippen molar-refractivity contribution < 1.29 is 9.18 Å². The van der Waals surface area contributed by atoms with Crippen LogP contribution >= 0.6 is 11.6 Å². The quantitative estimate of drug-likeness (QED) is 0.891. The zero-order valence-electron chi connectivity index (χ0n) is 9.41. The molecule has 0 spiro atoms. The molecule has 0 aliphatic carbocycles. The number of hydrogen-bond acceptors (Lipinski definition) is 2. The maximum Gasteiger partial charge on any atom is 0.224 e. The highest BCUT2D eigenvalue weighted by Crippen LogP contribution is 2.16. The van der Waals surface area contributed by atoms with Crippen LogP contribution in [-0.4, -0.2) is 16.1 Å². The van der Waals surface area contributed by atoms with Crippen molar-refractivity contribution in [3.8, 4) is 0 Å². The number of carbonyl (C=O) groups is 1. The average molecular weight is 268 g/mol. The second-order valence-electron chi connectivity index (χ2n) is 3.80. The second-order valence-corrected chi connectivity index (χ2v) is 4.20. The topological polar surface area (TPSA) is 57.8 Å². The highest BCUT2D eigenvalue weighted by Gasteiger charge is 2.06. The molecule has 0 bridgehead atoms. The fourth-order valence-electron chi connectivity index (χ4n) is 1.48. The maximum atomic E-state index is 12.8. The smallest absolute Gasteiger partial charge is 0.224 e. The van der Waals surface area contributed by atoms with E-state index in [4.69, 9.17) is 11.6 Å². The number of rotatable bonds is 4. The Morgan fingerprint density at radius 1 is 1.50 bits per heavy atom. The molecular formula is C12H11ClFN3O. The van der Waals surface area contributed by atoms with Gasteiger partial charge in [-0.25, -0.2) is 4.39 Å². The monoisotopic (exact) mass is 267 g/mol. The lowest BCUT2D eigenvalue weighted by Gasteiger charge is -2.06. The summed E-state index contributed by atoms with van der Waals surface area (Å²) in [6.07, 6.45) is 3.49. The van der Waals surface area contributed by atoms with Gasteiger partial charge in [0.25, 0.3) is 0 Å². The summed E-state index contributed by atoms with van der Waals surface area (Å²) in [5.41, 5.74) is 1.48. The number of carbonyl (C=O) groups excluding carboxylic acids is 1. The molecule has 0 saturated carbocycles. The molecule has 0 aliphatic heterocycles. The molecule has 6 heteroatoms. The number of nitrogens with zero attached hydrogens (tertiary/aromatic N) is 1. The van der Waals surface area contributed by atoms with Crippen LogP contribution in [-0.2, 0) is 17.8 Å². The third kappa shape index (κ3) is 3.30. The standard InChI is InChI=1S/C12H11ClFN3O/c13-11-4-10(14)2-1-9(11)7-15-12(18)3-8-5-16-17-6-8/h1-2,4-6H,3,7H2,(H,15,18)(H,16,17). The highest BCUT2D eigenvalue weighted by molar-refractivity contribution is 6.31. The lowest BCUT2D eigenvalue weighted by atomic mass is 10.2. The Balaban J connectivity index is 1.89. The Labute approximate surface area is 108 Å². The van der Waals surface area contributed by atoms with E-state index in [1.54, 1.807) is 18.5 Å². The van der Waals surface area contributed by atoms with E-state index in [2.05, 4.69) is 15.5 Å². The van der Waals surface area contributed by atoms with Crippen molar-refractivity contribution in [1.82, 2.24) is 15.5 Å². The van der Waals surface area contributed by atoms with Gasteiger partial charge in [0.2, 0.25) is 5.91 Å². The Morgan fingerprint density at radius 2 is 2.33 bits per heavy atom. The molecule has 1 aromatic carbocycles. The zero-order chi connectivity index (χ0) is 13.0. The summed E-state index contributed by atoms with van der Waals surface area (Å²) in [7, 11) is 0. The van der Waals surface area contributed by atoms with Crippen LogP contribution in [0.2, 0.25) is 5.02 Å². The van der Waals surface area contributed by atoms with Gasteiger partial charge in [-0.2, -0.15) is 5.10 Å². The molecule has 2 rings (SSSR count). The van der Waals surface area contributed by atoms with E-state index in [-0.39, 0.29) is 18.9 Å². The Hall–Kier alpha value is -1.88. The minimum Gasteiger partial charge on any atom is -0.352 e. The van der Waals surface area contributed by atoms with Crippen molar-refractivity contribution in [1.29, 1.82) is 0 Å². The van der Waals surface area contributed by atoms with E-state index in [9.17, 15) is 9.18 Å². The molecule has 0 fully saturated rings. The van der Waals surface area contributed by atoms with Crippen LogP contribution in [0.3, 0.4) is 0 Å². The molecule has 0 radical (unpaired) electrons.